The molecule has 1 aromatic rings. The Morgan fingerprint density at radius 1 is 1.59 bits per heavy atom. The Balaban J connectivity index is 1.92. The summed E-state index contributed by atoms with van der Waals surface area (Å²) in [6.45, 7) is 4.63. The van der Waals surface area contributed by atoms with Crippen molar-refractivity contribution in [3.8, 4) is 0 Å². The first-order chi connectivity index (χ1) is 8.22. The smallest absolute Gasteiger partial charge is 0.0351 e. The van der Waals surface area contributed by atoms with E-state index in [1.54, 1.807) is 0 Å². The molecule has 1 fully saturated rings. The molecule has 0 spiro atoms. The van der Waals surface area contributed by atoms with Crippen molar-refractivity contribution in [2.45, 2.75) is 30.7 Å². The van der Waals surface area contributed by atoms with Crippen molar-refractivity contribution in [2.75, 3.05) is 26.4 Å². The topological polar surface area (TPSA) is 15.3 Å². The van der Waals surface area contributed by atoms with Crippen LogP contribution < -0.4 is 5.32 Å². The molecule has 96 valence electrons. The zero-order valence-corrected chi connectivity index (χ0v) is 12.5. The van der Waals surface area contributed by atoms with Gasteiger partial charge in [0.1, 0.15) is 0 Å². The second-order valence-corrected chi connectivity index (χ2v) is 6.91. The van der Waals surface area contributed by atoms with Crippen molar-refractivity contribution >= 4 is 23.1 Å². The van der Waals surface area contributed by atoms with Gasteiger partial charge < -0.3 is 5.32 Å². The first kappa shape index (κ1) is 13.4. The summed E-state index contributed by atoms with van der Waals surface area (Å²) in [7, 11) is 2.28. The molecule has 3 unspecified atom stereocenters. The number of thiophene rings is 1. The zero-order valence-electron chi connectivity index (χ0n) is 10.8. The van der Waals surface area contributed by atoms with Crippen LogP contribution in [-0.2, 0) is 6.42 Å². The van der Waals surface area contributed by atoms with Crippen molar-refractivity contribution < 1.29 is 0 Å². The van der Waals surface area contributed by atoms with Gasteiger partial charge in [0.25, 0.3) is 0 Å². The van der Waals surface area contributed by atoms with Gasteiger partial charge in [-0.3, -0.25) is 4.90 Å². The van der Waals surface area contributed by atoms with E-state index in [9.17, 15) is 0 Å². The molecule has 2 heterocycles. The van der Waals surface area contributed by atoms with Gasteiger partial charge in [-0.2, -0.15) is 11.8 Å². The minimum absolute atomic E-state index is 0.619. The number of nitrogens with one attached hydrogen (secondary N) is 1. The lowest BCUT2D eigenvalue weighted by molar-refractivity contribution is 0.198. The molecule has 2 nitrogen and oxygen atoms in total. The van der Waals surface area contributed by atoms with Gasteiger partial charge in [-0.05, 0) is 38.1 Å². The second kappa shape index (κ2) is 6.23. The highest BCUT2D eigenvalue weighted by Crippen LogP contribution is 2.22. The van der Waals surface area contributed by atoms with Gasteiger partial charge in [0, 0.05) is 35.3 Å². The Morgan fingerprint density at radius 3 is 3.06 bits per heavy atom. The van der Waals surface area contributed by atoms with Crippen LogP contribution in [0.2, 0.25) is 0 Å². The molecule has 1 N–H and O–H groups in total. The average molecular weight is 270 g/mol. The van der Waals surface area contributed by atoms with Crippen LogP contribution in [0.4, 0.5) is 0 Å². The molecule has 0 bridgehead atoms. The van der Waals surface area contributed by atoms with E-state index in [1.165, 1.54) is 11.3 Å². The summed E-state index contributed by atoms with van der Waals surface area (Å²) in [5.41, 5.74) is 0. The minimum atomic E-state index is 0.619. The van der Waals surface area contributed by atoms with Crippen molar-refractivity contribution in [3.63, 3.8) is 0 Å². The minimum Gasteiger partial charge on any atom is -0.314 e. The summed E-state index contributed by atoms with van der Waals surface area (Å²) < 4.78 is 0. The number of hydrogen-bond acceptors (Lipinski definition) is 4. The molecule has 3 atom stereocenters. The van der Waals surface area contributed by atoms with Crippen LogP contribution >= 0.6 is 23.1 Å². The van der Waals surface area contributed by atoms with Gasteiger partial charge in [-0.1, -0.05) is 6.07 Å². The summed E-state index contributed by atoms with van der Waals surface area (Å²) in [5, 5.41) is 6.42. The molecular weight excluding hydrogens is 248 g/mol. The first-order valence-corrected chi connectivity index (χ1v) is 8.37. The molecule has 2 rings (SSSR count). The van der Waals surface area contributed by atoms with E-state index >= 15 is 0 Å². The predicted octanol–water partition coefficient (Wildman–Crippen LogP) is 2.31. The lowest BCUT2D eigenvalue weighted by Gasteiger charge is -2.33. The maximum absolute atomic E-state index is 3.51. The first-order valence-electron chi connectivity index (χ1n) is 6.20. The molecular formula is C13H22N2S2. The molecule has 1 saturated heterocycles. The summed E-state index contributed by atoms with van der Waals surface area (Å²) >= 11 is 3.86. The molecule has 17 heavy (non-hydrogen) atoms. The van der Waals surface area contributed by atoms with Crippen LogP contribution in [0, 0.1) is 0 Å². The van der Waals surface area contributed by atoms with E-state index in [0.717, 1.165) is 18.3 Å². The summed E-state index contributed by atoms with van der Waals surface area (Å²) in [6, 6.07) is 5.69. The van der Waals surface area contributed by atoms with Crippen LogP contribution in [-0.4, -0.2) is 48.6 Å². The lowest BCUT2D eigenvalue weighted by atomic mass is 10.1. The van der Waals surface area contributed by atoms with Crippen molar-refractivity contribution in [3.05, 3.63) is 22.4 Å². The molecule has 1 aliphatic rings. The van der Waals surface area contributed by atoms with E-state index < -0.39 is 0 Å². The lowest BCUT2D eigenvalue weighted by Crippen LogP contribution is -2.45. The van der Waals surface area contributed by atoms with Crippen LogP contribution in [0.15, 0.2) is 17.5 Å². The third kappa shape index (κ3) is 3.25. The molecule has 1 aromatic heterocycles. The Kier molecular flexibility index (Phi) is 4.91. The fourth-order valence-corrected chi connectivity index (χ4v) is 4.19. The highest BCUT2D eigenvalue weighted by atomic mass is 32.2. The van der Waals surface area contributed by atoms with E-state index in [4.69, 9.17) is 0 Å². The molecule has 0 saturated carbocycles. The molecule has 0 aromatic carbocycles. The Morgan fingerprint density at radius 2 is 2.41 bits per heavy atom. The number of nitrogens with zero attached hydrogens (tertiary/aromatic N) is 1. The molecule has 0 radical (unpaired) electrons. The van der Waals surface area contributed by atoms with Crippen molar-refractivity contribution in [1.82, 2.24) is 10.2 Å². The number of thioether (sulfide) groups is 1. The summed E-state index contributed by atoms with van der Waals surface area (Å²) in [4.78, 5) is 4.05. The van der Waals surface area contributed by atoms with Crippen LogP contribution in [0.3, 0.4) is 0 Å². The highest BCUT2D eigenvalue weighted by molar-refractivity contribution is 7.99. The third-order valence-corrected chi connectivity index (χ3v) is 5.71. The molecule has 0 amide bonds. The van der Waals surface area contributed by atoms with Crippen LogP contribution in [0.1, 0.15) is 11.8 Å². The van der Waals surface area contributed by atoms with Crippen molar-refractivity contribution in [2.24, 2.45) is 0 Å². The normalized spacial score (nSPS) is 26.6. The average Bonchev–Trinajstić information content (AvgIpc) is 2.97. The number of likely N-dealkylation sites (N-methyl/N-ethyl adjacent to an activating group) is 1. The maximum atomic E-state index is 3.51. The largest absolute Gasteiger partial charge is 0.314 e. The third-order valence-electron chi connectivity index (χ3n) is 3.73. The fraction of sp³-hybridized carbons (Fsp3) is 0.692. The monoisotopic (exact) mass is 270 g/mol. The Hall–Kier alpha value is -0.0300. The number of hydrogen-bond donors (Lipinski definition) is 1. The van der Waals surface area contributed by atoms with Crippen LogP contribution in [0.5, 0.6) is 0 Å². The van der Waals surface area contributed by atoms with Gasteiger partial charge in [0.15, 0.2) is 0 Å². The van der Waals surface area contributed by atoms with Gasteiger partial charge in [-0.25, -0.2) is 0 Å². The van der Waals surface area contributed by atoms with E-state index in [-0.39, 0.29) is 0 Å². The van der Waals surface area contributed by atoms with Gasteiger partial charge in [0.05, 0.1) is 0 Å². The van der Waals surface area contributed by atoms with Crippen LogP contribution in [0.25, 0.3) is 0 Å². The molecule has 1 aliphatic heterocycles. The Bertz CT molecular complexity index is 326. The zero-order chi connectivity index (χ0) is 12.3. The molecule has 0 aliphatic carbocycles. The predicted molar refractivity (Wildman–Crippen MR) is 79.2 cm³/mol. The SMILES string of the molecule is CSC1CNCC1N(C)C(C)Cc1cccs1. The van der Waals surface area contributed by atoms with Crippen molar-refractivity contribution in [1.29, 1.82) is 0 Å². The Labute approximate surface area is 113 Å². The fourth-order valence-electron chi connectivity index (χ4n) is 2.48. The standard InChI is InChI=1S/C13H22N2S2/c1-10(7-11-5-4-6-17-11)15(2)12-8-14-9-13(12)16-3/h4-6,10,12-14H,7-9H2,1-3H3. The van der Waals surface area contributed by atoms with Gasteiger partial charge in [0.2, 0.25) is 0 Å². The summed E-state index contributed by atoms with van der Waals surface area (Å²) in [5.74, 6) is 0. The second-order valence-electron chi connectivity index (χ2n) is 4.80. The van der Waals surface area contributed by atoms with E-state index in [1.807, 2.05) is 23.1 Å². The molecule has 4 heteroatoms. The van der Waals surface area contributed by atoms with E-state index in [2.05, 4.69) is 48.0 Å². The van der Waals surface area contributed by atoms with E-state index in [0.29, 0.717) is 12.1 Å². The quantitative estimate of drug-likeness (QED) is 0.884. The number of rotatable bonds is 5. The van der Waals surface area contributed by atoms with Gasteiger partial charge >= 0.3 is 0 Å². The summed E-state index contributed by atoms with van der Waals surface area (Å²) in [6.07, 6.45) is 3.40. The highest BCUT2D eigenvalue weighted by Gasteiger charge is 2.31. The maximum Gasteiger partial charge on any atom is 0.0351 e. The van der Waals surface area contributed by atoms with Gasteiger partial charge in [-0.15, -0.1) is 11.3 Å².